The maximum atomic E-state index is 11.7. The highest BCUT2D eigenvalue weighted by Gasteiger charge is 2.11. The molecule has 0 unspecified atom stereocenters. The van der Waals surface area contributed by atoms with Gasteiger partial charge in [0.05, 0.1) is 13.2 Å². The van der Waals surface area contributed by atoms with Gasteiger partial charge in [-0.15, -0.1) is 0 Å². The Morgan fingerprint density at radius 3 is 2.32 bits per heavy atom. The number of aryl methyl sites for hydroxylation is 1. The zero-order valence-corrected chi connectivity index (χ0v) is 18.1. The maximum Gasteiger partial charge on any atom is 0.333 e. The summed E-state index contributed by atoms with van der Waals surface area (Å²) >= 11 is 0. The van der Waals surface area contributed by atoms with Gasteiger partial charge in [-0.05, 0) is 59.4 Å². The molecule has 0 amide bonds. The first kappa shape index (κ1) is 22.3. The third-order valence-corrected chi connectivity index (χ3v) is 5.01. The van der Waals surface area contributed by atoms with Crippen LogP contribution in [-0.4, -0.2) is 30.9 Å². The van der Waals surface area contributed by atoms with Gasteiger partial charge in [0.15, 0.2) is 0 Å². The van der Waals surface area contributed by atoms with Gasteiger partial charge in [0.25, 0.3) is 0 Å². The Hall–Kier alpha value is -3.37. The molecule has 0 atom stereocenters. The summed E-state index contributed by atoms with van der Waals surface area (Å²) in [5, 5.41) is 9.11. The van der Waals surface area contributed by atoms with Crippen LogP contribution in [0.5, 0.6) is 5.75 Å². The second-order valence-electron chi connectivity index (χ2n) is 7.46. The quantitative estimate of drug-likeness (QED) is 0.377. The van der Waals surface area contributed by atoms with Crippen LogP contribution >= 0.6 is 0 Å². The molecule has 4 nitrogen and oxygen atoms in total. The number of hydrogen-bond acceptors (Lipinski definition) is 4. The van der Waals surface area contributed by atoms with E-state index in [0.717, 1.165) is 16.7 Å². The minimum Gasteiger partial charge on any atom is -0.491 e. The van der Waals surface area contributed by atoms with Gasteiger partial charge in [-0.1, -0.05) is 61.2 Å². The van der Waals surface area contributed by atoms with Gasteiger partial charge in [0.2, 0.25) is 0 Å². The number of carbonyl (C=O) groups is 1. The van der Waals surface area contributed by atoms with E-state index in [4.69, 9.17) is 14.6 Å². The van der Waals surface area contributed by atoms with Gasteiger partial charge in [0, 0.05) is 12.0 Å². The number of benzene rings is 3. The van der Waals surface area contributed by atoms with E-state index in [1.807, 2.05) is 30.3 Å². The maximum absolute atomic E-state index is 11.7. The molecule has 0 radical (unpaired) electrons. The van der Waals surface area contributed by atoms with E-state index in [2.05, 4.69) is 49.9 Å². The summed E-state index contributed by atoms with van der Waals surface area (Å²) in [5.74, 6) is 0.280. The van der Waals surface area contributed by atoms with Crippen molar-refractivity contribution in [3.8, 4) is 28.0 Å². The second-order valence-corrected chi connectivity index (χ2v) is 7.46. The van der Waals surface area contributed by atoms with Crippen molar-refractivity contribution in [2.45, 2.75) is 20.3 Å². The summed E-state index contributed by atoms with van der Waals surface area (Å²) in [5.41, 5.74) is 7.05. The minimum atomic E-state index is -0.402. The number of ether oxygens (including phenoxy) is 2. The van der Waals surface area contributed by atoms with E-state index in [9.17, 15) is 4.79 Å². The van der Waals surface area contributed by atoms with E-state index in [1.165, 1.54) is 16.7 Å². The van der Waals surface area contributed by atoms with Gasteiger partial charge in [0.1, 0.15) is 12.4 Å². The minimum absolute atomic E-state index is 0.0635. The standard InChI is InChI=1S/C27H28O4/c1-19(2)27(29)31-15-13-24-18-23(10-12-26(24)30-16-14-28)22-9-11-25(20(3)17-22)21-7-5-4-6-8-21/h4-12,17-18,28H,1,13-16H2,2-3H3. The number of rotatable bonds is 9. The van der Waals surface area contributed by atoms with Gasteiger partial charge >= 0.3 is 5.97 Å². The lowest BCUT2D eigenvalue weighted by atomic mass is 9.94. The lowest BCUT2D eigenvalue weighted by Crippen LogP contribution is -2.10. The second kappa shape index (κ2) is 10.6. The zero-order valence-electron chi connectivity index (χ0n) is 18.1. The average Bonchev–Trinajstić information content (AvgIpc) is 2.78. The first-order valence-electron chi connectivity index (χ1n) is 10.3. The van der Waals surface area contributed by atoms with Gasteiger partial charge in [-0.3, -0.25) is 0 Å². The molecule has 0 aliphatic carbocycles. The predicted octanol–water partition coefficient (Wildman–Crippen LogP) is 5.36. The highest BCUT2D eigenvalue weighted by Crippen LogP contribution is 2.31. The summed E-state index contributed by atoms with van der Waals surface area (Å²) in [4.78, 5) is 11.7. The molecule has 0 heterocycles. The Bertz CT molecular complexity index is 1050. The summed E-state index contributed by atoms with van der Waals surface area (Å²) in [6, 6.07) is 22.7. The summed E-state index contributed by atoms with van der Waals surface area (Å²) in [7, 11) is 0. The summed E-state index contributed by atoms with van der Waals surface area (Å²) in [6.45, 7) is 7.72. The number of carbonyl (C=O) groups excluding carboxylic acids is 1. The molecule has 0 aliphatic rings. The topological polar surface area (TPSA) is 55.8 Å². The molecule has 0 bridgehead atoms. The van der Waals surface area contributed by atoms with Crippen molar-refractivity contribution in [1.29, 1.82) is 0 Å². The molecule has 160 valence electrons. The smallest absolute Gasteiger partial charge is 0.333 e. The van der Waals surface area contributed by atoms with E-state index in [0.29, 0.717) is 17.7 Å². The van der Waals surface area contributed by atoms with Crippen molar-refractivity contribution in [2.24, 2.45) is 0 Å². The molecule has 3 aromatic carbocycles. The van der Waals surface area contributed by atoms with Crippen molar-refractivity contribution >= 4 is 5.97 Å². The van der Waals surface area contributed by atoms with Crippen LogP contribution in [0, 0.1) is 6.92 Å². The first-order valence-corrected chi connectivity index (χ1v) is 10.3. The molecular weight excluding hydrogens is 388 g/mol. The molecule has 31 heavy (non-hydrogen) atoms. The Balaban J connectivity index is 1.86. The van der Waals surface area contributed by atoms with Gasteiger partial charge in [-0.25, -0.2) is 4.79 Å². The first-order chi connectivity index (χ1) is 15.0. The van der Waals surface area contributed by atoms with Crippen molar-refractivity contribution in [2.75, 3.05) is 19.8 Å². The number of esters is 1. The monoisotopic (exact) mass is 416 g/mol. The highest BCUT2D eigenvalue weighted by molar-refractivity contribution is 5.86. The number of aliphatic hydroxyl groups is 1. The fourth-order valence-corrected chi connectivity index (χ4v) is 3.41. The SMILES string of the molecule is C=C(C)C(=O)OCCc1cc(-c2ccc(-c3ccccc3)c(C)c2)ccc1OCCO. The number of hydrogen-bond donors (Lipinski definition) is 1. The van der Waals surface area contributed by atoms with Crippen LogP contribution in [0.1, 0.15) is 18.1 Å². The molecule has 1 N–H and O–H groups in total. The predicted molar refractivity (Wildman–Crippen MR) is 124 cm³/mol. The van der Waals surface area contributed by atoms with Crippen LogP contribution in [0.3, 0.4) is 0 Å². The Labute approximate surface area is 183 Å². The molecule has 0 aromatic heterocycles. The Kier molecular flexibility index (Phi) is 7.63. The molecule has 3 aromatic rings. The van der Waals surface area contributed by atoms with E-state index < -0.39 is 5.97 Å². The molecule has 0 saturated heterocycles. The van der Waals surface area contributed by atoms with Crippen molar-refractivity contribution in [1.82, 2.24) is 0 Å². The molecular formula is C27H28O4. The Morgan fingerprint density at radius 2 is 1.65 bits per heavy atom. The number of aliphatic hydroxyl groups excluding tert-OH is 1. The van der Waals surface area contributed by atoms with Crippen LogP contribution in [0.25, 0.3) is 22.3 Å². The van der Waals surface area contributed by atoms with Crippen molar-refractivity contribution in [3.63, 3.8) is 0 Å². The van der Waals surface area contributed by atoms with Crippen LogP contribution < -0.4 is 4.74 Å². The van der Waals surface area contributed by atoms with E-state index in [-0.39, 0.29) is 19.8 Å². The van der Waals surface area contributed by atoms with E-state index in [1.54, 1.807) is 6.92 Å². The highest BCUT2D eigenvalue weighted by atomic mass is 16.5. The van der Waals surface area contributed by atoms with Crippen LogP contribution in [0.4, 0.5) is 0 Å². The van der Waals surface area contributed by atoms with Crippen LogP contribution in [-0.2, 0) is 16.0 Å². The molecule has 0 aliphatic heterocycles. The summed E-state index contributed by atoms with van der Waals surface area (Å²) < 4.78 is 10.9. The fourth-order valence-electron chi connectivity index (χ4n) is 3.41. The molecule has 0 saturated carbocycles. The van der Waals surface area contributed by atoms with Crippen LogP contribution in [0.15, 0.2) is 78.9 Å². The van der Waals surface area contributed by atoms with E-state index >= 15 is 0 Å². The average molecular weight is 417 g/mol. The molecule has 0 spiro atoms. The summed E-state index contributed by atoms with van der Waals surface area (Å²) in [6.07, 6.45) is 0.509. The molecule has 4 heteroatoms. The third-order valence-electron chi connectivity index (χ3n) is 5.01. The normalized spacial score (nSPS) is 10.5. The lowest BCUT2D eigenvalue weighted by molar-refractivity contribution is -0.138. The van der Waals surface area contributed by atoms with Crippen molar-refractivity contribution in [3.05, 3.63) is 90.0 Å². The van der Waals surface area contributed by atoms with Gasteiger partial charge in [-0.2, -0.15) is 0 Å². The zero-order chi connectivity index (χ0) is 22.2. The molecule has 0 fully saturated rings. The fraction of sp³-hybridized carbons (Fsp3) is 0.222. The van der Waals surface area contributed by atoms with Crippen LogP contribution in [0.2, 0.25) is 0 Å². The molecule has 3 rings (SSSR count). The largest absolute Gasteiger partial charge is 0.491 e. The Morgan fingerprint density at radius 1 is 0.935 bits per heavy atom. The lowest BCUT2D eigenvalue weighted by Gasteiger charge is -2.14. The van der Waals surface area contributed by atoms with Crippen molar-refractivity contribution < 1.29 is 19.4 Å². The third kappa shape index (κ3) is 5.83. The van der Waals surface area contributed by atoms with Gasteiger partial charge < -0.3 is 14.6 Å².